The summed E-state index contributed by atoms with van der Waals surface area (Å²) < 4.78 is 0. The van der Waals surface area contributed by atoms with E-state index in [9.17, 15) is 9.59 Å². The molecule has 0 aromatic carbocycles. The number of hydrogen-bond donors (Lipinski definition) is 2. The number of nitrogens with one attached hydrogen (secondary N) is 2. The lowest BCUT2D eigenvalue weighted by Gasteiger charge is -2.38. The van der Waals surface area contributed by atoms with Gasteiger partial charge in [0.05, 0.1) is 0 Å². The van der Waals surface area contributed by atoms with Crippen molar-refractivity contribution in [3.63, 3.8) is 0 Å². The molecule has 0 bridgehead atoms. The minimum absolute atomic E-state index is 0.0318. The third kappa shape index (κ3) is 4.90. The number of piperidine rings is 1. The molecule has 2 aliphatic rings. The molecular weight excluding hydrogens is 266 g/mol. The van der Waals surface area contributed by atoms with E-state index in [4.69, 9.17) is 0 Å². The van der Waals surface area contributed by atoms with E-state index in [0.717, 1.165) is 38.8 Å². The van der Waals surface area contributed by atoms with Gasteiger partial charge in [0.2, 0.25) is 5.91 Å². The van der Waals surface area contributed by atoms with Gasteiger partial charge in [0.1, 0.15) is 0 Å². The second-order valence-electron chi connectivity index (χ2n) is 6.81. The third-order valence-electron chi connectivity index (χ3n) is 4.51. The van der Waals surface area contributed by atoms with Crippen LogP contribution in [-0.4, -0.2) is 42.0 Å². The first-order valence-corrected chi connectivity index (χ1v) is 8.34. The van der Waals surface area contributed by atoms with Crippen LogP contribution in [0.3, 0.4) is 0 Å². The summed E-state index contributed by atoms with van der Waals surface area (Å²) in [5, 5.41) is 6.03. The Labute approximate surface area is 127 Å². The maximum atomic E-state index is 12.1. The van der Waals surface area contributed by atoms with E-state index in [2.05, 4.69) is 17.6 Å². The van der Waals surface area contributed by atoms with E-state index in [-0.39, 0.29) is 18.0 Å². The standard InChI is InChI=1S/C16H29N3O2/c1-4-12-10-19(16(21)17-11(2)3)8-7-13(12)9-15(20)18-14-5-6-14/h11-14H,4-10H2,1-3H3,(H,17,21)(H,18,20)/t12-,13-/m0/s1. The summed E-state index contributed by atoms with van der Waals surface area (Å²) in [6.07, 6.45) is 4.84. The van der Waals surface area contributed by atoms with Crippen molar-refractivity contribution in [3.05, 3.63) is 0 Å². The summed E-state index contributed by atoms with van der Waals surface area (Å²) in [6, 6.07) is 0.637. The van der Waals surface area contributed by atoms with E-state index < -0.39 is 0 Å². The van der Waals surface area contributed by atoms with Crippen molar-refractivity contribution < 1.29 is 9.59 Å². The molecule has 0 aromatic rings. The number of carbonyl (C=O) groups excluding carboxylic acids is 2. The molecule has 21 heavy (non-hydrogen) atoms. The summed E-state index contributed by atoms with van der Waals surface area (Å²) >= 11 is 0. The first-order valence-electron chi connectivity index (χ1n) is 8.34. The van der Waals surface area contributed by atoms with Crippen molar-refractivity contribution >= 4 is 11.9 Å². The molecule has 1 saturated carbocycles. The van der Waals surface area contributed by atoms with E-state index in [1.807, 2.05) is 18.7 Å². The molecule has 3 amide bonds. The van der Waals surface area contributed by atoms with Crippen LogP contribution >= 0.6 is 0 Å². The largest absolute Gasteiger partial charge is 0.353 e. The topological polar surface area (TPSA) is 61.4 Å². The first kappa shape index (κ1) is 16.1. The lowest BCUT2D eigenvalue weighted by atomic mass is 9.81. The molecule has 0 spiro atoms. The normalized spacial score (nSPS) is 25.8. The number of urea groups is 1. The molecular formula is C16H29N3O2. The Morgan fingerprint density at radius 2 is 1.90 bits per heavy atom. The van der Waals surface area contributed by atoms with Crippen molar-refractivity contribution in [2.45, 2.75) is 65.0 Å². The van der Waals surface area contributed by atoms with Gasteiger partial charge < -0.3 is 15.5 Å². The zero-order chi connectivity index (χ0) is 15.4. The number of nitrogens with zero attached hydrogens (tertiary/aromatic N) is 1. The molecule has 2 atom stereocenters. The molecule has 1 saturated heterocycles. The van der Waals surface area contributed by atoms with E-state index >= 15 is 0 Å². The molecule has 1 aliphatic carbocycles. The van der Waals surface area contributed by atoms with Crippen LogP contribution in [-0.2, 0) is 4.79 Å². The van der Waals surface area contributed by atoms with Crippen LogP contribution in [0.25, 0.3) is 0 Å². The van der Waals surface area contributed by atoms with E-state index in [0.29, 0.717) is 24.3 Å². The Bertz CT molecular complexity index is 380. The molecule has 2 rings (SSSR count). The van der Waals surface area contributed by atoms with Crippen LogP contribution in [0.1, 0.15) is 52.9 Å². The average Bonchev–Trinajstić information content (AvgIpc) is 3.22. The zero-order valence-electron chi connectivity index (χ0n) is 13.5. The van der Waals surface area contributed by atoms with Gasteiger partial charge in [-0.1, -0.05) is 13.3 Å². The summed E-state index contributed by atoms with van der Waals surface area (Å²) in [4.78, 5) is 26.0. The van der Waals surface area contributed by atoms with Crippen LogP contribution in [0.5, 0.6) is 0 Å². The second-order valence-corrected chi connectivity index (χ2v) is 6.81. The third-order valence-corrected chi connectivity index (χ3v) is 4.51. The van der Waals surface area contributed by atoms with Gasteiger partial charge in [-0.25, -0.2) is 4.79 Å². The van der Waals surface area contributed by atoms with Crippen molar-refractivity contribution in [3.8, 4) is 0 Å². The Kier molecular flexibility index (Phi) is 5.48. The van der Waals surface area contributed by atoms with E-state index in [1.54, 1.807) is 0 Å². The molecule has 0 radical (unpaired) electrons. The molecule has 0 unspecified atom stereocenters. The van der Waals surface area contributed by atoms with Gasteiger partial charge in [-0.15, -0.1) is 0 Å². The fourth-order valence-corrected chi connectivity index (χ4v) is 3.09. The van der Waals surface area contributed by atoms with Crippen molar-refractivity contribution in [2.75, 3.05) is 13.1 Å². The smallest absolute Gasteiger partial charge is 0.317 e. The van der Waals surface area contributed by atoms with Crippen LogP contribution in [0.15, 0.2) is 0 Å². The summed E-state index contributed by atoms with van der Waals surface area (Å²) in [7, 11) is 0. The minimum Gasteiger partial charge on any atom is -0.353 e. The maximum Gasteiger partial charge on any atom is 0.317 e. The Balaban J connectivity index is 1.82. The highest BCUT2D eigenvalue weighted by Crippen LogP contribution is 2.29. The predicted octanol–water partition coefficient (Wildman–Crippen LogP) is 2.12. The fourth-order valence-electron chi connectivity index (χ4n) is 3.09. The van der Waals surface area contributed by atoms with Gasteiger partial charge in [0.25, 0.3) is 0 Å². The van der Waals surface area contributed by atoms with Gasteiger partial charge in [-0.3, -0.25) is 4.79 Å². The highest BCUT2D eigenvalue weighted by molar-refractivity contribution is 5.77. The number of likely N-dealkylation sites (tertiary alicyclic amines) is 1. The lowest BCUT2D eigenvalue weighted by molar-refractivity contribution is -0.123. The first-order chi connectivity index (χ1) is 9.99. The minimum atomic E-state index is 0.0318. The summed E-state index contributed by atoms with van der Waals surface area (Å²) in [6.45, 7) is 7.64. The highest BCUT2D eigenvalue weighted by Gasteiger charge is 2.33. The van der Waals surface area contributed by atoms with E-state index in [1.165, 1.54) is 0 Å². The molecule has 2 N–H and O–H groups in total. The van der Waals surface area contributed by atoms with Crippen LogP contribution < -0.4 is 10.6 Å². The van der Waals surface area contributed by atoms with Crippen molar-refractivity contribution in [1.82, 2.24) is 15.5 Å². The zero-order valence-corrected chi connectivity index (χ0v) is 13.5. The number of amides is 3. The molecule has 5 nitrogen and oxygen atoms in total. The van der Waals surface area contributed by atoms with Gasteiger partial charge in [-0.2, -0.15) is 0 Å². The maximum absolute atomic E-state index is 12.1. The fraction of sp³-hybridized carbons (Fsp3) is 0.875. The van der Waals surface area contributed by atoms with Gasteiger partial charge in [0.15, 0.2) is 0 Å². The van der Waals surface area contributed by atoms with Gasteiger partial charge >= 0.3 is 6.03 Å². The van der Waals surface area contributed by atoms with Crippen LogP contribution in [0.4, 0.5) is 4.79 Å². The molecule has 1 aliphatic heterocycles. The lowest BCUT2D eigenvalue weighted by Crippen LogP contribution is -2.50. The quantitative estimate of drug-likeness (QED) is 0.816. The Morgan fingerprint density at radius 3 is 2.48 bits per heavy atom. The van der Waals surface area contributed by atoms with Crippen molar-refractivity contribution in [2.24, 2.45) is 11.8 Å². The molecule has 0 aromatic heterocycles. The Morgan fingerprint density at radius 1 is 1.19 bits per heavy atom. The van der Waals surface area contributed by atoms with Crippen LogP contribution in [0.2, 0.25) is 0 Å². The monoisotopic (exact) mass is 295 g/mol. The summed E-state index contributed by atoms with van der Waals surface area (Å²) in [5.74, 6) is 1.04. The predicted molar refractivity (Wildman–Crippen MR) is 82.9 cm³/mol. The Hall–Kier alpha value is -1.26. The number of hydrogen-bond acceptors (Lipinski definition) is 2. The van der Waals surface area contributed by atoms with Gasteiger partial charge in [0, 0.05) is 31.6 Å². The molecule has 2 fully saturated rings. The molecule has 120 valence electrons. The SMILES string of the molecule is CC[C@H]1CN(C(=O)NC(C)C)CC[C@H]1CC(=O)NC1CC1. The average molecular weight is 295 g/mol. The second kappa shape index (κ2) is 7.14. The van der Waals surface area contributed by atoms with Crippen LogP contribution in [0, 0.1) is 11.8 Å². The number of rotatable bonds is 5. The van der Waals surface area contributed by atoms with Gasteiger partial charge in [-0.05, 0) is 44.9 Å². The summed E-state index contributed by atoms with van der Waals surface area (Å²) in [5.41, 5.74) is 0. The molecule has 1 heterocycles. The number of carbonyl (C=O) groups is 2. The van der Waals surface area contributed by atoms with Crippen molar-refractivity contribution in [1.29, 1.82) is 0 Å². The highest BCUT2D eigenvalue weighted by atomic mass is 16.2. The molecule has 5 heteroatoms.